The first-order chi connectivity index (χ1) is 16.5. The molecule has 1 aliphatic rings. The number of rotatable bonds is 8. The maximum Gasteiger partial charge on any atom is 0.352 e. The molecule has 0 bridgehead atoms. The molecule has 4 rings (SSSR count). The van der Waals surface area contributed by atoms with Gasteiger partial charge in [0.1, 0.15) is 5.82 Å². The third kappa shape index (κ3) is 5.11. The second kappa shape index (κ2) is 10.5. The van der Waals surface area contributed by atoms with E-state index in [4.69, 9.17) is 4.52 Å². The van der Waals surface area contributed by atoms with E-state index in [1.165, 1.54) is 43.5 Å². The van der Waals surface area contributed by atoms with Crippen molar-refractivity contribution in [3.8, 4) is 17.2 Å². The van der Waals surface area contributed by atoms with Crippen LogP contribution in [0.4, 0.5) is 4.39 Å². The molecule has 0 spiro atoms. The van der Waals surface area contributed by atoms with E-state index in [1.54, 1.807) is 6.92 Å². The maximum absolute atomic E-state index is 13.3. The van der Waals surface area contributed by atoms with Gasteiger partial charge in [-0.2, -0.15) is 14.8 Å². The highest BCUT2D eigenvalue weighted by Gasteiger charge is 2.22. The molecule has 1 saturated heterocycles. The number of carbonyl (C=O) groups excluding carboxylic acids is 1. The normalized spacial score (nSPS) is 14.3. The number of halogens is 1. The van der Waals surface area contributed by atoms with Gasteiger partial charge >= 0.3 is 17.5 Å². The summed E-state index contributed by atoms with van der Waals surface area (Å²) in [5, 5.41) is 10.5. The van der Waals surface area contributed by atoms with Crippen molar-refractivity contribution in [3.63, 3.8) is 0 Å². The Hall–Kier alpha value is -3.67. The fraction of sp³-hybridized carbons (Fsp3) is 0.455. The Morgan fingerprint density at radius 2 is 1.88 bits per heavy atom. The van der Waals surface area contributed by atoms with Gasteiger partial charge in [0.15, 0.2) is 5.69 Å². The van der Waals surface area contributed by atoms with E-state index in [0.717, 1.165) is 35.3 Å². The van der Waals surface area contributed by atoms with Gasteiger partial charge in [-0.25, -0.2) is 9.18 Å². The molecule has 3 heterocycles. The number of likely N-dealkylation sites (tertiary alicyclic amines) is 1. The van der Waals surface area contributed by atoms with E-state index < -0.39 is 23.0 Å². The molecule has 34 heavy (non-hydrogen) atoms. The molecule has 1 amide bonds. The SMILES string of the molecule is CCn1c(=O)c(-c2noc(C(=O)NCCCN3CCCCC3)n2)nn(-c2ccc(F)cc2)c1=O. The van der Waals surface area contributed by atoms with E-state index in [-0.39, 0.29) is 29.6 Å². The van der Waals surface area contributed by atoms with Gasteiger partial charge in [-0.3, -0.25) is 14.2 Å². The third-order valence-electron chi connectivity index (χ3n) is 5.66. The number of aromatic nitrogens is 5. The number of nitrogens with zero attached hydrogens (tertiary/aromatic N) is 6. The average Bonchev–Trinajstić information content (AvgIpc) is 3.34. The molecule has 0 saturated carbocycles. The largest absolute Gasteiger partial charge is 0.352 e. The zero-order valence-electron chi connectivity index (χ0n) is 18.9. The van der Waals surface area contributed by atoms with Gasteiger partial charge in [-0.15, -0.1) is 0 Å². The smallest absolute Gasteiger partial charge is 0.348 e. The van der Waals surface area contributed by atoms with Crippen molar-refractivity contribution < 1.29 is 13.7 Å². The summed E-state index contributed by atoms with van der Waals surface area (Å²) in [6.07, 6.45) is 4.48. The average molecular weight is 471 g/mol. The number of carbonyl (C=O) groups is 1. The maximum atomic E-state index is 13.3. The van der Waals surface area contributed by atoms with Crippen LogP contribution in [-0.4, -0.2) is 61.5 Å². The summed E-state index contributed by atoms with van der Waals surface area (Å²) in [4.78, 5) is 44.3. The summed E-state index contributed by atoms with van der Waals surface area (Å²) in [6.45, 7) is 5.22. The minimum Gasteiger partial charge on any atom is -0.348 e. The molecule has 11 nitrogen and oxygen atoms in total. The second-order valence-electron chi connectivity index (χ2n) is 8.00. The van der Waals surface area contributed by atoms with Gasteiger partial charge in [0.25, 0.3) is 5.56 Å². The standard InChI is InChI=1S/C22H26FN7O4/c1-2-29-21(32)17(26-30(22(29)33)16-9-7-15(23)8-10-16)18-25-20(34-27-18)19(31)24-11-6-14-28-12-4-3-5-13-28/h7-10H,2-6,11-14H2,1H3,(H,24,31). The van der Waals surface area contributed by atoms with Gasteiger partial charge < -0.3 is 14.7 Å². The van der Waals surface area contributed by atoms with Crippen LogP contribution < -0.4 is 16.6 Å². The number of piperidine rings is 1. The van der Waals surface area contributed by atoms with Crippen LogP contribution >= 0.6 is 0 Å². The van der Waals surface area contributed by atoms with E-state index >= 15 is 0 Å². The number of hydrogen-bond acceptors (Lipinski definition) is 8. The molecule has 1 N–H and O–H groups in total. The lowest BCUT2D eigenvalue weighted by Gasteiger charge is -2.26. The van der Waals surface area contributed by atoms with E-state index in [1.807, 2.05) is 0 Å². The summed E-state index contributed by atoms with van der Waals surface area (Å²) in [6, 6.07) is 5.06. The number of benzene rings is 1. The monoisotopic (exact) mass is 471 g/mol. The van der Waals surface area contributed by atoms with Crippen LogP contribution in [0, 0.1) is 5.82 Å². The minimum absolute atomic E-state index is 0.0661. The molecule has 1 fully saturated rings. The van der Waals surface area contributed by atoms with Crippen LogP contribution in [0.25, 0.3) is 17.2 Å². The highest BCUT2D eigenvalue weighted by atomic mass is 19.1. The molecule has 180 valence electrons. The van der Waals surface area contributed by atoms with E-state index in [9.17, 15) is 18.8 Å². The first-order valence-electron chi connectivity index (χ1n) is 11.3. The van der Waals surface area contributed by atoms with Crippen molar-refractivity contribution in [1.29, 1.82) is 0 Å². The van der Waals surface area contributed by atoms with Crippen molar-refractivity contribution in [2.75, 3.05) is 26.2 Å². The van der Waals surface area contributed by atoms with Crippen molar-refractivity contribution in [1.82, 2.24) is 34.7 Å². The number of nitrogens with one attached hydrogen (secondary N) is 1. The Balaban J connectivity index is 1.51. The van der Waals surface area contributed by atoms with Gasteiger partial charge in [0.2, 0.25) is 5.82 Å². The van der Waals surface area contributed by atoms with Crippen LogP contribution in [0.15, 0.2) is 38.4 Å². The highest BCUT2D eigenvalue weighted by Crippen LogP contribution is 2.11. The van der Waals surface area contributed by atoms with Crippen LogP contribution in [0.2, 0.25) is 0 Å². The predicted octanol–water partition coefficient (Wildman–Crippen LogP) is 1.21. The highest BCUT2D eigenvalue weighted by molar-refractivity contribution is 5.89. The summed E-state index contributed by atoms with van der Waals surface area (Å²) in [7, 11) is 0. The molecular weight excluding hydrogens is 445 g/mol. The summed E-state index contributed by atoms with van der Waals surface area (Å²) < 4.78 is 20.2. The quantitative estimate of drug-likeness (QED) is 0.486. The molecule has 0 radical (unpaired) electrons. The first kappa shape index (κ1) is 23.5. The summed E-state index contributed by atoms with van der Waals surface area (Å²) >= 11 is 0. The lowest BCUT2D eigenvalue weighted by molar-refractivity contribution is 0.0907. The lowest BCUT2D eigenvalue weighted by atomic mass is 10.1. The molecule has 1 aliphatic heterocycles. The van der Waals surface area contributed by atoms with E-state index in [0.29, 0.717) is 6.54 Å². The van der Waals surface area contributed by atoms with Gasteiger partial charge in [-0.05, 0) is 70.1 Å². The molecule has 0 unspecified atom stereocenters. The molecular formula is C22H26FN7O4. The minimum atomic E-state index is -0.722. The van der Waals surface area contributed by atoms with Crippen molar-refractivity contribution in [2.45, 2.75) is 39.2 Å². The van der Waals surface area contributed by atoms with Crippen molar-refractivity contribution >= 4 is 5.91 Å². The fourth-order valence-corrected chi connectivity index (χ4v) is 3.86. The summed E-state index contributed by atoms with van der Waals surface area (Å²) in [5.74, 6) is -1.57. The Morgan fingerprint density at radius 1 is 1.15 bits per heavy atom. The topological polar surface area (TPSA) is 128 Å². The van der Waals surface area contributed by atoms with Crippen LogP contribution in [0.3, 0.4) is 0 Å². The zero-order valence-corrected chi connectivity index (χ0v) is 18.9. The molecule has 0 atom stereocenters. The van der Waals surface area contributed by atoms with Crippen LogP contribution in [0.5, 0.6) is 0 Å². The number of amides is 1. The molecule has 12 heteroatoms. The Morgan fingerprint density at radius 3 is 2.59 bits per heavy atom. The molecule has 0 aliphatic carbocycles. The molecule has 1 aromatic carbocycles. The van der Waals surface area contributed by atoms with Crippen molar-refractivity contribution in [3.05, 3.63) is 56.8 Å². The lowest BCUT2D eigenvalue weighted by Crippen LogP contribution is -2.41. The van der Waals surface area contributed by atoms with Crippen LogP contribution in [0.1, 0.15) is 43.3 Å². The fourth-order valence-electron chi connectivity index (χ4n) is 3.86. The van der Waals surface area contributed by atoms with Gasteiger partial charge in [-0.1, -0.05) is 11.6 Å². The zero-order chi connectivity index (χ0) is 24.1. The van der Waals surface area contributed by atoms with E-state index in [2.05, 4.69) is 25.5 Å². The Labute approximate surface area is 194 Å². The first-order valence-corrected chi connectivity index (χ1v) is 11.3. The van der Waals surface area contributed by atoms with Crippen molar-refractivity contribution in [2.24, 2.45) is 0 Å². The molecule has 2 aromatic heterocycles. The predicted molar refractivity (Wildman–Crippen MR) is 120 cm³/mol. The van der Waals surface area contributed by atoms with Crippen LogP contribution in [-0.2, 0) is 6.54 Å². The van der Waals surface area contributed by atoms with Gasteiger partial charge in [0, 0.05) is 13.1 Å². The Kier molecular flexibility index (Phi) is 7.26. The number of hydrogen-bond donors (Lipinski definition) is 1. The summed E-state index contributed by atoms with van der Waals surface area (Å²) in [5.41, 5.74) is -1.43. The molecule has 3 aromatic rings. The second-order valence-corrected chi connectivity index (χ2v) is 8.00. The van der Waals surface area contributed by atoms with Gasteiger partial charge in [0.05, 0.1) is 5.69 Å². The third-order valence-corrected chi connectivity index (χ3v) is 5.66. The Bertz CT molecular complexity index is 1260.